The lowest BCUT2D eigenvalue weighted by molar-refractivity contribution is -0.384. The second-order valence-corrected chi connectivity index (χ2v) is 4.08. The van der Waals surface area contributed by atoms with Gasteiger partial charge in [-0.1, -0.05) is 11.6 Å². The zero-order valence-corrected chi connectivity index (χ0v) is 9.03. The maximum absolute atomic E-state index is 11.6. The third kappa shape index (κ3) is 2.30. The number of nitro groups is 1. The second-order valence-electron chi connectivity index (χ2n) is 3.67. The summed E-state index contributed by atoms with van der Waals surface area (Å²) in [5.74, 6) is -0.237. The molecule has 0 aliphatic heterocycles. The van der Waals surface area contributed by atoms with Crippen LogP contribution in [0.15, 0.2) is 18.2 Å². The highest BCUT2D eigenvalue weighted by atomic mass is 35.5. The second kappa shape index (κ2) is 4.09. The Bertz CT molecular complexity index is 457. The van der Waals surface area contributed by atoms with Gasteiger partial charge in [0.15, 0.2) is 0 Å². The molecule has 1 aromatic carbocycles. The van der Waals surface area contributed by atoms with Crippen molar-refractivity contribution in [1.29, 1.82) is 0 Å². The minimum atomic E-state index is -0.578. The number of benzene rings is 1. The summed E-state index contributed by atoms with van der Waals surface area (Å²) in [6.45, 7) is 0. The number of amides is 1. The first-order valence-electron chi connectivity index (χ1n) is 4.83. The predicted molar refractivity (Wildman–Crippen MR) is 58.6 cm³/mol. The quantitative estimate of drug-likeness (QED) is 0.650. The Labute approximate surface area is 96.6 Å². The van der Waals surface area contributed by atoms with E-state index in [-0.39, 0.29) is 22.7 Å². The van der Waals surface area contributed by atoms with Gasteiger partial charge in [0.25, 0.3) is 11.6 Å². The van der Waals surface area contributed by atoms with Gasteiger partial charge in [-0.15, -0.1) is 0 Å². The molecule has 1 N–H and O–H groups in total. The lowest BCUT2D eigenvalue weighted by atomic mass is 10.2. The van der Waals surface area contributed by atoms with Gasteiger partial charge < -0.3 is 5.32 Å². The molecule has 0 heterocycles. The summed E-state index contributed by atoms with van der Waals surface area (Å²) in [5, 5.41) is 13.3. The topological polar surface area (TPSA) is 72.2 Å². The highest BCUT2D eigenvalue weighted by Crippen LogP contribution is 2.25. The van der Waals surface area contributed by atoms with Crippen LogP contribution in [0, 0.1) is 10.1 Å². The molecule has 2 rings (SSSR count). The third-order valence-corrected chi connectivity index (χ3v) is 2.62. The lowest BCUT2D eigenvalue weighted by Crippen LogP contribution is -2.25. The average Bonchev–Trinajstić information content (AvgIpc) is 3.00. The molecule has 1 aromatic rings. The van der Waals surface area contributed by atoms with Crippen LogP contribution in [0.3, 0.4) is 0 Å². The Kier molecular flexibility index (Phi) is 2.78. The number of nitrogens with zero attached hydrogens (tertiary/aromatic N) is 1. The van der Waals surface area contributed by atoms with Crippen LogP contribution in [0.25, 0.3) is 0 Å². The molecule has 0 saturated heterocycles. The number of halogens is 1. The Hall–Kier alpha value is -1.62. The number of carbonyl (C=O) groups is 1. The molecule has 0 atom stereocenters. The van der Waals surface area contributed by atoms with Crippen LogP contribution in [0.4, 0.5) is 5.69 Å². The van der Waals surface area contributed by atoms with Gasteiger partial charge in [0, 0.05) is 17.7 Å². The van der Waals surface area contributed by atoms with Crippen LogP contribution in [-0.2, 0) is 0 Å². The Morgan fingerprint density at radius 1 is 1.50 bits per heavy atom. The summed E-state index contributed by atoms with van der Waals surface area (Å²) in [4.78, 5) is 21.5. The van der Waals surface area contributed by atoms with Crippen LogP contribution in [0.2, 0.25) is 5.02 Å². The molecule has 0 radical (unpaired) electrons. The number of nitro benzene ring substituents is 1. The van der Waals surface area contributed by atoms with Gasteiger partial charge in [0.2, 0.25) is 0 Å². The first-order chi connectivity index (χ1) is 7.58. The van der Waals surface area contributed by atoms with Crippen molar-refractivity contribution in [2.24, 2.45) is 0 Å². The SMILES string of the molecule is O=C(NC1CC1)c1ccc([N+](=O)[O-])c(Cl)c1. The van der Waals surface area contributed by atoms with Gasteiger partial charge in [-0.25, -0.2) is 0 Å². The van der Waals surface area contributed by atoms with E-state index in [2.05, 4.69) is 5.32 Å². The molecule has 16 heavy (non-hydrogen) atoms. The Balaban J connectivity index is 2.19. The van der Waals surface area contributed by atoms with Gasteiger partial charge in [-0.05, 0) is 25.0 Å². The average molecular weight is 241 g/mol. The van der Waals surface area contributed by atoms with Gasteiger partial charge in [0.05, 0.1) is 4.92 Å². The van der Waals surface area contributed by atoms with E-state index >= 15 is 0 Å². The van der Waals surface area contributed by atoms with E-state index in [0.29, 0.717) is 5.56 Å². The van der Waals surface area contributed by atoms with Crippen LogP contribution < -0.4 is 5.32 Å². The van der Waals surface area contributed by atoms with Crippen LogP contribution >= 0.6 is 11.6 Å². The zero-order valence-electron chi connectivity index (χ0n) is 8.27. The first kappa shape index (κ1) is 10.9. The number of hydrogen-bond donors (Lipinski definition) is 1. The van der Waals surface area contributed by atoms with E-state index in [0.717, 1.165) is 12.8 Å². The molecule has 5 nitrogen and oxygen atoms in total. The minimum Gasteiger partial charge on any atom is -0.349 e. The molecule has 1 aliphatic rings. The fourth-order valence-electron chi connectivity index (χ4n) is 1.29. The van der Waals surface area contributed by atoms with Gasteiger partial charge in [-0.3, -0.25) is 14.9 Å². The van der Waals surface area contributed by atoms with E-state index in [4.69, 9.17) is 11.6 Å². The number of hydrogen-bond acceptors (Lipinski definition) is 3. The van der Waals surface area contributed by atoms with Gasteiger partial charge in [0.1, 0.15) is 5.02 Å². The monoisotopic (exact) mass is 240 g/mol. The number of rotatable bonds is 3. The van der Waals surface area contributed by atoms with Crippen molar-refractivity contribution in [3.8, 4) is 0 Å². The standard InChI is InChI=1S/C10H9ClN2O3/c11-8-5-6(1-4-9(8)13(15)16)10(14)12-7-2-3-7/h1,4-5,7H,2-3H2,(H,12,14). The van der Waals surface area contributed by atoms with Crippen molar-refractivity contribution in [2.45, 2.75) is 18.9 Å². The van der Waals surface area contributed by atoms with E-state index in [9.17, 15) is 14.9 Å². The molecular weight excluding hydrogens is 232 g/mol. The molecule has 0 unspecified atom stereocenters. The lowest BCUT2D eigenvalue weighted by Gasteiger charge is -2.03. The normalized spacial score (nSPS) is 14.6. The van der Waals surface area contributed by atoms with E-state index < -0.39 is 4.92 Å². The molecule has 1 amide bonds. The zero-order chi connectivity index (χ0) is 11.7. The summed E-state index contributed by atoms with van der Waals surface area (Å²) in [6, 6.07) is 4.21. The van der Waals surface area contributed by atoms with Crippen molar-refractivity contribution in [3.63, 3.8) is 0 Å². The first-order valence-corrected chi connectivity index (χ1v) is 5.20. The smallest absolute Gasteiger partial charge is 0.287 e. The fourth-order valence-corrected chi connectivity index (χ4v) is 1.54. The maximum atomic E-state index is 11.6. The molecule has 0 aromatic heterocycles. The summed E-state index contributed by atoms with van der Waals surface area (Å²) in [6.07, 6.45) is 1.99. The highest BCUT2D eigenvalue weighted by Gasteiger charge is 2.24. The Morgan fingerprint density at radius 2 is 2.19 bits per heavy atom. The molecule has 0 bridgehead atoms. The summed E-state index contributed by atoms with van der Waals surface area (Å²) >= 11 is 5.70. The van der Waals surface area contributed by atoms with Gasteiger partial charge >= 0.3 is 0 Å². The third-order valence-electron chi connectivity index (χ3n) is 2.32. The van der Waals surface area contributed by atoms with E-state index in [1.54, 1.807) is 0 Å². The molecule has 6 heteroatoms. The number of nitrogens with one attached hydrogen (secondary N) is 1. The molecule has 1 fully saturated rings. The van der Waals surface area contributed by atoms with Gasteiger partial charge in [-0.2, -0.15) is 0 Å². The molecule has 1 saturated carbocycles. The number of carbonyl (C=O) groups excluding carboxylic acids is 1. The minimum absolute atomic E-state index is 0.0200. The molecule has 84 valence electrons. The van der Waals surface area contributed by atoms with E-state index in [1.807, 2.05) is 0 Å². The Morgan fingerprint density at radius 3 is 2.69 bits per heavy atom. The van der Waals surface area contributed by atoms with Crippen molar-refractivity contribution in [2.75, 3.05) is 0 Å². The van der Waals surface area contributed by atoms with Crippen LogP contribution in [-0.4, -0.2) is 16.9 Å². The largest absolute Gasteiger partial charge is 0.349 e. The van der Waals surface area contributed by atoms with Crippen molar-refractivity contribution < 1.29 is 9.72 Å². The molecule has 1 aliphatic carbocycles. The highest BCUT2D eigenvalue weighted by molar-refractivity contribution is 6.33. The van der Waals surface area contributed by atoms with Crippen LogP contribution in [0.5, 0.6) is 0 Å². The summed E-state index contributed by atoms with van der Waals surface area (Å²) < 4.78 is 0. The summed E-state index contributed by atoms with van der Waals surface area (Å²) in [7, 11) is 0. The fraction of sp³-hybridized carbons (Fsp3) is 0.300. The van der Waals surface area contributed by atoms with E-state index in [1.165, 1.54) is 18.2 Å². The molecule has 0 spiro atoms. The van der Waals surface area contributed by atoms with Crippen molar-refractivity contribution >= 4 is 23.2 Å². The maximum Gasteiger partial charge on any atom is 0.287 e. The molecular formula is C10H9ClN2O3. The van der Waals surface area contributed by atoms with Crippen molar-refractivity contribution in [3.05, 3.63) is 38.9 Å². The van der Waals surface area contributed by atoms with Crippen molar-refractivity contribution in [1.82, 2.24) is 5.32 Å². The predicted octanol–water partition coefficient (Wildman–Crippen LogP) is 2.14. The van der Waals surface area contributed by atoms with Crippen LogP contribution in [0.1, 0.15) is 23.2 Å². The summed E-state index contributed by atoms with van der Waals surface area (Å²) in [5.41, 5.74) is 0.159.